The van der Waals surface area contributed by atoms with Gasteiger partial charge in [-0.1, -0.05) is 321 Å². The van der Waals surface area contributed by atoms with Gasteiger partial charge in [-0.25, -0.2) is 0 Å². The number of hydrogen-bond donors (Lipinski definition) is 1. The Kier molecular flexibility index (Phi) is 60.0. The third kappa shape index (κ3) is 62.6. The van der Waals surface area contributed by atoms with Crippen LogP contribution in [0.25, 0.3) is 0 Å². The number of rotatable bonds is 65. The van der Waals surface area contributed by atoms with Gasteiger partial charge in [-0.2, -0.15) is 0 Å². The molecular weight excluding hydrogens is 1020 g/mol. The summed E-state index contributed by atoms with van der Waals surface area (Å²) in [5, 5.41) is 3.02. The van der Waals surface area contributed by atoms with Gasteiger partial charge < -0.3 is 28.5 Å². The van der Waals surface area contributed by atoms with Gasteiger partial charge in [0.25, 0.3) is 7.82 Å². The molecule has 1 N–H and O–H groups in total. The van der Waals surface area contributed by atoms with Gasteiger partial charge in [0, 0.05) is 12.8 Å². The fraction of sp³-hybridized carbons (Fsp3) is 0.887. The quantitative estimate of drug-likeness (QED) is 0.0161. The number of carbonyl (C=O) groups excluding carboxylic acids is 2. The summed E-state index contributed by atoms with van der Waals surface area (Å²) in [4.78, 5) is 40.1. The van der Waals surface area contributed by atoms with Crippen molar-refractivity contribution in [2.75, 3.05) is 40.9 Å². The van der Waals surface area contributed by atoms with Crippen LogP contribution in [0.3, 0.4) is 0 Å². The second kappa shape index (κ2) is 61.3. The lowest BCUT2D eigenvalue weighted by Gasteiger charge is -2.30. The number of likely N-dealkylation sites (N-methyl/N-ethyl adjacent to an activating group) is 1. The molecule has 0 aromatic rings. The highest BCUT2D eigenvalue weighted by Gasteiger charge is 2.27. The molecule has 3 unspecified atom stereocenters. The van der Waals surface area contributed by atoms with Crippen LogP contribution in [0.15, 0.2) is 36.5 Å². The second-order valence-corrected chi connectivity index (χ2v) is 26.8. The summed E-state index contributed by atoms with van der Waals surface area (Å²) in [5.74, 6) is -0.554. The van der Waals surface area contributed by atoms with E-state index in [1.807, 2.05) is 33.3 Å². The number of nitrogens with zero attached hydrogens (tertiary/aromatic N) is 1. The highest BCUT2D eigenvalue weighted by atomic mass is 31.2. The van der Waals surface area contributed by atoms with Crippen LogP contribution in [-0.4, -0.2) is 69.4 Å². The molecule has 0 spiro atoms. The van der Waals surface area contributed by atoms with Crippen molar-refractivity contribution in [1.82, 2.24) is 5.32 Å². The average Bonchev–Trinajstić information content (AvgIpc) is 3.44. The molecule has 0 fully saturated rings. The van der Waals surface area contributed by atoms with Crippen molar-refractivity contribution >= 4 is 19.7 Å². The smallest absolute Gasteiger partial charge is 0.306 e. The number of esters is 1. The Balaban J connectivity index is 5.00. The highest BCUT2D eigenvalue weighted by molar-refractivity contribution is 7.45. The minimum Gasteiger partial charge on any atom is -0.756 e. The minimum absolute atomic E-state index is 0.0249. The summed E-state index contributed by atoms with van der Waals surface area (Å²) in [7, 11) is 1.18. The lowest BCUT2D eigenvalue weighted by molar-refractivity contribution is -0.870. The number of allylic oxidation sites excluding steroid dienone is 5. The maximum Gasteiger partial charge on any atom is 0.306 e. The molecule has 3 atom stereocenters. The summed E-state index contributed by atoms with van der Waals surface area (Å²) < 4.78 is 30.4. The molecule has 0 aliphatic heterocycles. The zero-order valence-electron chi connectivity index (χ0n) is 54.8. The average molecular weight is 1160 g/mol. The second-order valence-electron chi connectivity index (χ2n) is 25.4. The predicted molar refractivity (Wildman–Crippen MR) is 349 cm³/mol. The zero-order chi connectivity index (χ0) is 59.3. The SMILES string of the molecule is CCCCCCCCC/C=C/C=C/CCCCCC(=O)NC(COP(=O)([O-])OCC[N+](C)(C)C)C(/C=C\CCCCCCCCCCCC)OC(=O)CCCCCCCCCCCCCCCCCCCCCCCCCCCCC. The van der Waals surface area contributed by atoms with Crippen LogP contribution >= 0.6 is 7.82 Å². The van der Waals surface area contributed by atoms with Crippen molar-refractivity contribution in [3.63, 3.8) is 0 Å². The summed E-state index contributed by atoms with van der Waals surface area (Å²) in [6.07, 6.45) is 75.7. The number of quaternary nitrogens is 1. The van der Waals surface area contributed by atoms with Crippen LogP contribution in [0.5, 0.6) is 0 Å². The molecule has 0 radical (unpaired) electrons. The highest BCUT2D eigenvalue weighted by Crippen LogP contribution is 2.38. The van der Waals surface area contributed by atoms with Gasteiger partial charge in [-0.3, -0.25) is 14.2 Å². The maximum absolute atomic E-state index is 13.5. The monoisotopic (exact) mass is 1160 g/mol. The largest absolute Gasteiger partial charge is 0.756 e. The Morgan fingerprint density at radius 2 is 0.741 bits per heavy atom. The van der Waals surface area contributed by atoms with Crippen molar-refractivity contribution in [1.29, 1.82) is 0 Å². The number of unbranched alkanes of at least 4 members (excludes halogenated alkanes) is 46. The molecule has 81 heavy (non-hydrogen) atoms. The molecule has 478 valence electrons. The minimum atomic E-state index is -4.71. The fourth-order valence-corrected chi connectivity index (χ4v) is 11.4. The van der Waals surface area contributed by atoms with E-state index in [1.165, 1.54) is 250 Å². The molecule has 0 rings (SSSR count). The van der Waals surface area contributed by atoms with Crippen molar-refractivity contribution in [2.24, 2.45) is 0 Å². The Hall–Kier alpha value is -1.77. The summed E-state index contributed by atoms with van der Waals surface area (Å²) in [6.45, 7) is 6.87. The maximum atomic E-state index is 13.5. The van der Waals surface area contributed by atoms with Gasteiger partial charge in [0.1, 0.15) is 19.3 Å². The first-order valence-corrected chi connectivity index (χ1v) is 36.8. The number of carbonyl (C=O) groups is 2. The topological polar surface area (TPSA) is 114 Å². The molecular formula is C71H137N2O7P. The molecule has 0 saturated heterocycles. The summed E-state index contributed by atoms with van der Waals surface area (Å²) in [6, 6.07) is -0.899. The van der Waals surface area contributed by atoms with Gasteiger partial charge in [-0.15, -0.1) is 0 Å². The number of amides is 1. The number of hydrogen-bond acceptors (Lipinski definition) is 7. The summed E-state index contributed by atoms with van der Waals surface area (Å²) in [5.41, 5.74) is 0. The van der Waals surface area contributed by atoms with E-state index >= 15 is 0 Å². The molecule has 1 amide bonds. The van der Waals surface area contributed by atoms with Gasteiger partial charge in [0.05, 0.1) is 33.8 Å². The van der Waals surface area contributed by atoms with E-state index in [-0.39, 0.29) is 31.3 Å². The first kappa shape index (κ1) is 79.2. The molecule has 0 aromatic heterocycles. The Morgan fingerprint density at radius 1 is 0.432 bits per heavy atom. The zero-order valence-corrected chi connectivity index (χ0v) is 55.7. The van der Waals surface area contributed by atoms with Crippen molar-refractivity contribution < 1.29 is 37.3 Å². The number of nitrogens with one attached hydrogen (secondary N) is 1. The third-order valence-corrected chi connectivity index (χ3v) is 17.1. The van der Waals surface area contributed by atoms with E-state index in [2.05, 4.69) is 50.4 Å². The molecule has 10 heteroatoms. The van der Waals surface area contributed by atoms with Crippen LogP contribution in [0.1, 0.15) is 355 Å². The van der Waals surface area contributed by atoms with E-state index in [0.717, 1.165) is 64.2 Å². The Labute approximate surface area is 504 Å². The number of ether oxygens (including phenoxy) is 1. The molecule has 0 aliphatic rings. The molecule has 0 aromatic carbocycles. The van der Waals surface area contributed by atoms with Gasteiger partial charge >= 0.3 is 5.97 Å². The van der Waals surface area contributed by atoms with E-state index in [1.54, 1.807) is 0 Å². The van der Waals surface area contributed by atoms with Gasteiger partial charge in [0.15, 0.2) is 0 Å². The van der Waals surface area contributed by atoms with Crippen LogP contribution in [0, 0.1) is 0 Å². The predicted octanol–water partition coefficient (Wildman–Crippen LogP) is 21.6. The van der Waals surface area contributed by atoms with E-state index in [9.17, 15) is 19.0 Å². The van der Waals surface area contributed by atoms with E-state index in [0.29, 0.717) is 17.4 Å². The molecule has 0 heterocycles. The fourth-order valence-electron chi connectivity index (χ4n) is 10.6. The van der Waals surface area contributed by atoms with Gasteiger partial charge in [-0.05, 0) is 57.4 Å². The van der Waals surface area contributed by atoms with E-state index in [4.69, 9.17) is 13.8 Å². The van der Waals surface area contributed by atoms with E-state index < -0.39 is 26.6 Å². The summed E-state index contributed by atoms with van der Waals surface area (Å²) >= 11 is 0. The normalized spacial score (nSPS) is 13.7. The van der Waals surface area contributed by atoms with Crippen LogP contribution in [0.4, 0.5) is 0 Å². The molecule has 0 aliphatic carbocycles. The first-order chi connectivity index (χ1) is 39.4. The molecule has 0 bridgehead atoms. The Morgan fingerprint density at radius 3 is 1.10 bits per heavy atom. The number of phosphoric ester groups is 1. The lowest BCUT2D eigenvalue weighted by atomic mass is 10.0. The van der Waals surface area contributed by atoms with Crippen molar-refractivity contribution in [2.45, 2.75) is 367 Å². The Bertz CT molecular complexity index is 1480. The van der Waals surface area contributed by atoms with Crippen LogP contribution in [0.2, 0.25) is 0 Å². The standard InChI is InChI=1S/C71H137N2O7P/c1-7-10-13-16-19-22-25-28-30-32-33-34-35-36-37-38-39-40-41-42-44-46-49-52-55-58-61-64-71(75)80-69(62-59-56-53-50-47-27-24-21-18-15-12-9-3)68(67-79-81(76,77)78-66-65-73(4,5)6)72-70(74)63-60-57-54-51-48-45-43-31-29-26-23-20-17-14-11-8-2/h31,43,45,48,59,62,68-69H,7-30,32-42,44,46-47,49-58,60-61,63-67H2,1-6H3,(H-,72,74,76,77)/b43-31+,48-45+,62-59-. The molecule has 0 saturated carbocycles. The van der Waals surface area contributed by atoms with Crippen molar-refractivity contribution in [3.8, 4) is 0 Å². The first-order valence-electron chi connectivity index (χ1n) is 35.3. The van der Waals surface area contributed by atoms with Crippen molar-refractivity contribution in [3.05, 3.63) is 36.5 Å². The van der Waals surface area contributed by atoms with Crippen LogP contribution in [-0.2, 0) is 27.9 Å². The lowest BCUT2D eigenvalue weighted by Crippen LogP contribution is -2.47. The van der Waals surface area contributed by atoms with Crippen LogP contribution < -0.4 is 10.2 Å². The molecule has 9 nitrogen and oxygen atoms in total. The third-order valence-electron chi connectivity index (χ3n) is 16.1. The van der Waals surface area contributed by atoms with Gasteiger partial charge in [0.2, 0.25) is 5.91 Å². The number of phosphoric acid groups is 1.